The molecule has 1 aromatic heterocycles. The van der Waals surface area contributed by atoms with Crippen molar-refractivity contribution in [3.05, 3.63) is 162 Å². The first-order chi connectivity index (χ1) is 27.6. The molecule has 58 heavy (non-hydrogen) atoms. The van der Waals surface area contributed by atoms with Crippen LogP contribution in [0.3, 0.4) is 0 Å². The Balaban J connectivity index is 1.21. The lowest BCUT2D eigenvalue weighted by atomic mass is 9.33. The molecule has 0 spiro atoms. The van der Waals surface area contributed by atoms with Gasteiger partial charge in [-0.25, -0.2) is 0 Å². The molecule has 3 nitrogen and oxygen atoms in total. The van der Waals surface area contributed by atoms with Gasteiger partial charge >= 0.3 is 0 Å². The first kappa shape index (κ1) is 36.4. The van der Waals surface area contributed by atoms with E-state index in [1.807, 2.05) is 12.1 Å². The van der Waals surface area contributed by atoms with E-state index in [2.05, 4.69) is 206 Å². The Hall–Kier alpha value is -6.00. The zero-order chi connectivity index (χ0) is 40.3. The van der Waals surface area contributed by atoms with Gasteiger partial charge in [0.25, 0.3) is 6.71 Å². The van der Waals surface area contributed by atoms with E-state index >= 15 is 0 Å². The first-order valence-electron chi connectivity index (χ1n) is 20.8. The summed E-state index contributed by atoms with van der Waals surface area (Å²) in [5.74, 6) is 0. The Morgan fingerprint density at radius 2 is 1.00 bits per heavy atom. The monoisotopic (exact) mass is 754 g/mol. The van der Waals surface area contributed by atoms with Crippen LogP contribution >= 0.6 is 0 Å². The average Bonchev–Trinajstić information content (AvgIpc) is 3.57. The molecule has 2 aliphatic rings. The minimum Gasteiger partial charge on any atom is -0.456 e. The molecular weight excluding hydrogens is 703 g/mol. The predicted molar refractivity (Wildman–Crippen MR) is 249 cm³/mol. The second-order valence-electron chi connectivity index (χ2n) is 19.5. The van der Waals surface area contributed by atoms with Gasteiger partial charge in [0.15, 0.2) is 0 Å². The summed E-state index contributed by atoms with van der Waals surface area (Å²) >= 11 is 0. The fourth-order valence-electron chi connectivity index (χ4n) is 9.27. The Bertz CT molecular complexity index is 2920. The summed E-state index contributed by atoms with van der Waals surface area (Å²) in [6.45, 7) is 20.8. The van der Waals surface area contributed by atoms with Gasteiger partial charge in [-0.15, -0.1) is 0 Å². The molecule has 0 saturated carbocycles. The van der Waals surface area contributed by atoms with Crippen LogP contribution in [0.15, 0.2) is 150 Å². The maximum absolute atomic E-state index is 6.36. The average molecular weight is 755 g/mol. The molecule has 0 amide bonds. The normalized spacial score (nSPS) is 13.8. The summed E-state index contributed by atoms with van der Waals surface area (Å²) in [5.41, 5.74) is 19.4. The molecule has 0 saturated heterocycles. The van der Waals surface area contributed by atoms with Crippen LogP contribution in [0, 0.1) is 0 Å². The lowest BCUT2D eigenvalue weighted by Gasteiger charge is -2.45. The van der Waals surface area contributed by atoms with Crippen molar-refractivity contribution in [2.75, 3.05) is 9.80 Å². The van der Waals surface area contributed by atoms with Crippen molar-refractivity contribution in [2.24, 2.45) is 0 Å². The molecule has 0 N–H and O–H groups in total. The summed E-state index contributed by atoms with van der Waals surface area (Å²) in [4.78, 5) is 5.04. The minimum absolute atomic E-state index is 0.000534. The zero-order valence-corrected chi connectivity index (χ0v) is 35.2. The molecule has 4 heteroatoms. The number of nitrogens with zero attached hydrogens (tertiary/aromatic N) is 2. The molecule has 0 fully saturated rings. The van der Waals surface area contributed by atoms with Crippen molar-refractivity contribution >= 4 is 79.2 Å². The zero-order valence-electron chi connectivity index (χ0n) is 35.2. The molecule has 0 bridgehead atoms. The van der Waals surface area contributed by atoms with Crippen LogP contribution in [0.25, 0.3) is 33.1 Å². The molecule has 0 radical (unpaired) electrons. The fraction of sp³-hybridized carbons (Fsp3) is 0.222. The van der Waals surface area contributed by atoms with Crippen LogP contribution in [0.4, 0.5) is 34.1 Å². The highest BCUT2D eigenvalue weighted by Crippen LogP contribution is 2.46. The van der Waals surface area contributed by atoms with Gasteiger partial charge in [-0.05, 0) is 127 Å². The number of rotatable bonds is 3. The van der Waals surface area contributed by atoms with E-state index in [0.717, 1.165) is 38.8 Å². The van der Waals surface area contributed by atoms with Gasteiger partial charge in [0.05, 0.1) is 0 Å². The maximum Gasteiger partial charge on any atom is 0.252 e. The quantitative estimate of drug-likeness (QED) is 0.168. The largest absolute Gasteiger partial charge is 0.456 e. The van der Waals surface area contributed by atoms with Crippen LogP contribution < -0.4 is 26.2 Å². The van der Waals surface area contributed by atoms with Gasteiger partial charge in [0.1, 0.15) is 11.2 Å². The van der Waals surface area contributed by atoms with Crippen LogP contribution in [0.1, 0.15) is 79.0 Å². The molecule has 0 atom stereocenters. The number of benzene rings is 7. The van der Waals surface area contributed by atoms with Crippen LogP contribution in [0.2, 0.25) is 0 Å². The molecule has 3 heterocycles. The number of para-hydroxylation sites is 1. The predicted octanol–water partition coefficient (Wildman–Crippen LogP) is 13.2. The molecule has 7 aromatic carbocycles. The van der Waals surface area contributed by atoms with E-state index in [-0.39, 0.29) is 23.0 Å². The Morgan fingerprint density at radius 1 is 0.397 bits per heavy atom. The van der Waals surface area contributed by atoms with E-state index in [4.69, 9.17) is 4.42 Å². The van der Waals surface area contributed by atoms with Crippen molar-refractivity contribution in [1.29, 1.82) is 0 Å². The smallest absolute Gasteiger partial charge is 0.252 e. The molecular formula is C54H51BN2O. The number of hydrogen-bond donors (Lipinski definition) is 0. The topological polar surface area (TPSA) is 19.6 Å². The first-order valence-corrected chi connectivity index (χ1v) is 20.8. The third-order valence-electron chi connectivity index (χ3n) is 12.5. The SMILES string of the molecule is CC(C)(C)c1ccc(N2c3ccc(C(C)(C)C)cc3B3c4ccc(C(C)(C)C)cc4N(c4cccc(-c5ccc6c(c5)oc5ccccc56)c4)c4cccc2c43)cc1. The highest BCUT2D eigenvalue weighted by atomic mass is 16.3. The highest BCUT2D eigenvalue weighted by molar-refractivity contribution is 7.00. The number of fused-ring (bicyclic) bond motifs is 7. The van der Waals surface area contributed by atoms with Crippen LogP contribution in [-0.4, -0.2) is 6.71 Å². The standard InChI is InChI=1S/C54H51BN2O/c1-52(2,3)36-21-25-39(26-22-36)56-45-29-24-37(53(4,5)6)32-44(45)55-43-28-23-38(54(7,8)9)33-48(43)57(47-18-13-17-46(56)51(47)55)40-15-12-14-34(30-40)35-20-27-42-41-16-10-11-19-49(41)58-50(42)31-35/h10-33H,1-9H3. The Morgan fingerprint density at radius 3 is 1.72 bits per heavy atom. The molecule has 10 rings (SSSR count). The van der Waals surface area contributed by atoms with E-state index in [9.17, 15) is 0 Å². The van der Waals surface area contributed by atoms with E-state index in [1.54, 1.807) is 0 Å². The van der Waals surface area contributed by atoms with Crippen molar-refractivity contribution in [1.82, 2.24) is 0 Å². The summed E-state index contributed by atoms with van der Waals surface area (Å²) in [7, 11) is 0. The van der Waals surface area contributed by atoms with Gasteiger partial charge < -0.3 is 14.2 Å². The van der Waals surface area contributed by atoms with Gasteiger partial charge in [-0.1, -0.05) is 141 Å². The van der Waals surface area contributed by atoms with Crippen LogP contribution in [0.5, 0.6) is 0 Å². The van der Waals surface area contributed by atoms with Crippen molar-refractivity contribution in [3.63, 3.8) is 0 Å². The van der Waals surface area contributed by atoms with Crippen LogP contribution in [-0.2, 0) is 16.2 Å². The van der Waals surface area contributed by atoms with Crippen molar-refractivity contribution in [2.45, 2.75) is 78.6 Å². The summed E-state index contributed by atoms with van der Waals surface area (Å²) in [6.07, 6.45) is 0. The number of anilines is 6. The molecule has 8 aromatic rings. The second kappa shape index (κ2) is 12.8. The van der Waals surface area contributed by atoms with Gasteiger partial charge in [-0.2, -0.15) is 0 Å². The third-order valence-corrected chi connectivity index (χ3v) is 12.5. The molecule has 0 unspecified atom stereocenters. The Labute approximate surface area is 344 Å². The summed E-state index contributed by atoms with van der Waals surface area (Å²) in [6, 6.07) is 54.6. The minimum atomic E-state index is -0.0213. The highest BCUT2D eigenvalue weighted by Gasteiger charge is 2.44. The fourth-order valence-corrected chi connectivity index (χ4v) is 9.27. The summed E-state index contributed by atoms with van der Waals surface area (Å²) < 4.78 is 6.36. The molecule has 286 valence electrons. The lowest BCUT2D eigenvalue weighted by molar-refractivity contribution is 0.590. The molecule has 0 aliphatic carbocycles. The lowest BCUT2D eigenvalue weighted by Crippen LogP contribution is -2.61. The van der Waals surface area contributed by atoms with E-state index < -0.39 is 0 Å². The van der Waals surface area contributed by atoms with Gasteiger partial charge in [0, 0.05) is 44.9 Å². The van der Waals surface area contributed by atoms with Crippen molar-refractivity contribution in [3.8, 4) is 11.1 Å². The Kier molecular flexibility index (Phi) is 7.99. The van der Waals surface area contributed by atoms with E-state index in [1.165, 1.54) is 61.5 Å². The number of hydrogen-bond acceptors (Lipinski definition) is 3. The van der Waals surface area contributed by atoms with Gasteiger partial charge in [-0.3, -0.25) is 0 Å². The maximum atomic E-state index is 6.36. The molecule has 2 aliphatic heterocycles. The number of furan rings is 1. The third kappa shape index (κ3) is 5.79. The van der Waals surface area contributed by atoms with Gasteiger partial charge in [0.2, 0.25) is 0 Å². The van der Waals surface area contributed by atoms with Crippen molar-refractivity contribution < 1.29 is 4.42 Å². The summed E-state index contributed by atoms with van der Waals surface area (Å²) in [5, 5.41) is 2.29. The second-order valence-corrected chi connectivity index (χ2v) is 19.5. The van der Waals surface area contributed by atoms with E-state index in [0.29, 0.717) is 0 Å².